The van der Waals surface area contributed by atoms with Crippen LogP contribution in [0.15, 0.2) is 30.6 Å². The van der Waals surface area contributed by atoms with Gasteiger partial charge in [0.1, 0.15) is 18.0 Å². The SMILES string of the molecule is Cc1nc(C)c([C@H](OC(C)(C)C)C(=O)O)c(N2CCC(C)(C)CC2)c1-c1ccc2c(c1)CCN(c1cc(N)ncn1)C2. The zero-order chi connectivity index (χ0) is 30.4. The number of carboxylic acid groups (broad SMARTS) is 1. The number of nitrogens with zero attached hydrogens (tertiary/aromatic N) is 5. The fourth-order valence-corrected chi connectivity index (χ4v) is 6.19. The number of anilines is 3. The minimum Gasteiger partial charge on any atom is -0.479 e. The number of piperidine rings is 1. The number of fused-ring (bicyclic) bond motifs is 1. The molecule has 1 fully saturated rings. The van der Waals surface area contributed by atoms with Crippen LogP contribution in [0.3, 0.4) is 0 Å². The molecule has 42 heavy (non-hydrogen) atoms. The van der Waals surface area contributed by atoms with Crippen LogP contribution in [0, 0.1) is 19.3 Å². The molecule has 0 saturated carbocycles. The number of pyridine rings is 1. The van der Waals surface area contributed by atoms with Crippen LogP contribution in [0.25, 0.3) is 11.1 Å². The summed E-state index contributed by atoms with van der Waals surface area (Å²) in [7, 11) is 0. The van der Waals surface area contributed by atoms with E-state index >= 15 is 0 Å². The second-order valence-electron chi connectivity index (χ2n) is 13.5. The van der Waals surface area contributed by atoms with Crippen molar-refractivity contribution in [1.82, 2.24) is 15.0 Å². The average Bonchev–Trinajstić information content (AvgIpc) is 2.90. The number of ether oxygens (including phenoxy) is 1. The summed E-state index contributed by atoms with van der Waals surface area (Å²) in [5, 5.41) is 10.5. The third-order valence-electron chi connectivity index (χ3n) is 8.48. The molecule has 1 atom stereocenters. The van der Waals surface area contributed by atoms with Crippen LogP contribution in [-0.4, -0.2) is 51.3 Å². The molecule has 1 saturated heterocycles. The fourth-order valence-electron chi connectivity index (χ4n) is 6.19. The number of nitrogen functional groups attached to an aromatic ring is 1. The molecular formula is C33H44N6O3. The summed E-state index contributed by atoms with van der Waals surface area (Å²) in [5.41, 5.74) is 13.3. The van der Waals surface area contributed by atoms with E-state index in [1.165, 1.54) is 17.5 Å². The maximum Gasteiger partial charge on any atom is 0.337 e. The highest BCUT2D eigenvalue weighted by Crippen LogP contribution is 2.45. The summed E-state index contributed by atoms with van der Waals surface area (Å²) in [6.07, 6.45) is 3.28. The maximum atomic E-state index is 12.8. The van der Waals surface area contributed by atoms with Gasteiger partial charge in [-0.2, -0.15) is 0 Å². The summed E-state index contributed by atoms with van der Waals surface area (Å²) >= 11 is 0. The molecule has 0 bridgehead atoms. The number of nitrogens with two attached hydrogens (primary N) is 1. The summed E-state index contributed by atoms with van der Waals surface area (Å²) in [5.74, 6) is 0.288. The quantitative estimate of drug-likeness (QED) is 0.374. The number of aromatic nitrogens is 3. The van der Waals surface area contributed by atoms with Crippen LogP contribution in [0.4, 0.5) is 17.3 Å². The molecule has 2 aliphatic rings. The maximum absolute atomic E-state index is 12.8. The zero-order valence-electron chi connectivity index (χ0n) is 26.0. The molecule has 0 amide bonds. The van der Waals surface area contributed by atoms with E-state index in [4.69, 9.17) is 15.5 Å². The van der Waals surface area contributed by atoms with Gasteiger partial charge in [0.15, 0.2) is 6.10 Å². The lowest BCUT2D eigenvalue weighted by Crippen LogP contribution is -2.39. The van der Waals surface area contributed by atoms with Gasteiger partial charge in [0.05, 0.1) is 11.3 Å². The number of hydrogen-bond acceptors (Lipinski definition) is 8. The Labute approximate surface area is 249 Å². The van der Waals surface area contributed by atoms with Crippen molar-refractivity contribution in [2.24, 2.45) is 5.41 Å². The molecule has 0 aliphatic carbocycles. The number of aryl methyl sites for hydroxylation is 2. The molecular weight excluding hydrogens is 528 g/mol. The highest BCUT2D eigenvalue weighted by Gasteiger charge is 2.36. The van der Waals surface area contributed by atoms with Gasteiger partial charge in [-0.15, -0.1) is 0 Å². The van der Waals surface area contributed by atoms with Crippen LogP contribution in [-0.2, 0) is 22.5 Å². The van der Waals surface area contributed by atoms with Crippen molar-refractivity contribution in [2.45, 2.75) is 86.0 Å². The number of hydrogen-bond donors (Lipinski definition) is 2. The Balaban J connectivity index is 1.62. The Hall–Kier alpha value is -3.72. The molecule has 9 nitrogen and oxygen atoms in total. The Morgan fingerprint density at radius 2 is 1.74 bits per heavy atom. The normalized spacial score (nSPS) is 17.6. The standard InChI is InChI=1S/C33H44N6O3/c1-20-27(23-8-9-24-18-39(13-10-22(24)16-23)26-17-25(34)35-19-36-26)29(38-14-11-33(6,7)12-15-38)28(21(2)37-20)30(31(40)41)42-32(3,4)5/h8-9,16-17,19,30H,10-15,18H2,1-7H3,(H,40,41)(H2,34,35,36)/t30-/m0/s1. The van der Waals surface area contributed by atoms with E-state index in [-0.39, 0.29) is 5.41 Å². The van der Waals surface area contributed by atoms with Gasteiger partial charge in [-0.3, -0.25) is 4.98 Å². The predicted octanol–water partition coefficient (Wildman–Crippen LogP) is 5.87. The van der Waals surface area contributed by atoms with Crippen molar-refractivity contribution < 1.29 is 14.6 Å². The van der Waals surface area contributed by atoms with E-state index in [0.717, 1.165) is 73.8 Å². The lowest BCUT2D eigenvalue weighted by molar-refractivity contribution is -0.160. The van der Waals surface area contributed by atoms with Crippen LogP contribution >= 0.6 is 0 Å². The molecule has 2 aromatic heterocycles. The van der Waals surface area contributed by atoms with Gasteiger partial charge in [-0.25, -0.2) is 14.8 Å². The van der Waals surface area contributed by atoms with Crippen molar-refractivity contribution in [1.29, 1.82) is 0 Å². The van der Waals surface area contributed by atoms with E-state index in [2.05, 4.69) is 51.8 Å². The second kappa shape index (κ2) is 11.2. The highest BCUT2D eigenvalue weighted by molar-refractivity contribution is 5.88. The molecule has 3 N–H and O–H groups in total. The lowest BCUT2D eigenvalue weighted by atomic mass is 9.81. The fraction of sp³-hybridized carbons (Fsp3) is 0.515. The van der Waals surface area contributed by atoms with E-state index in [9.17, 15) is 9.90 Å². The van der Waals surface area contributed by atoms with E-state index in [1.54, 1.807) is 0 Å². The molecule has 5 rings (SSSR count). The Morgan fingerprint density at radius 3 is 2.38 bits per heavy atom. The predicted molar refractivity (Wildman–Crippen MR) is 167 cm³/mol. The van der Waals surface area contributed by atoms with Gasteiger partial charge in [0, 0.05) is 54.8 Å². The Kier molecular flexibility index (Phi) is 7.91. The number of aliphatic carboxylic acids is 1. The first-order chi connectivity index (χ1) is 19.7. The topological polar surface area (TPSA) is 118 Å². The molecule has 3 aromatic rings. The van der Waals surface area contributed by atoms with E-state index < -0.39 is 17.7 Å². The van der Waals surface area contributed by atoms with Crippen molar-refractivity contribution in [3.05, 3.63) is 58.7 Å². The first-order valence-electron chi connectivity index (χ1n) is 14.8. The third-order valence-corrected chi connectivity index (χ3v) is 8.48. The van der Waals surface area contributed by atoms with Crippen LogP contribution < -0.4 is 15.5 Å². The first-order valence-corrected chi connectivity index (χ1v) is 14.8. The van der Waals surface area contributed by atoms with Gasteiger partial charge in [0.25, 0.3) is 0 Å². The zero-order valence-corrected chi connectivity index (χ0v) is 26.0. The summed E-state index contributed by atoms with van der Waals surface area (Å²) < 4.78 is 6.23. The molecule has 224 valence electrons. The van der Waals surface area contributed by atoms with Crippen molar-refractivity contribution in [2.75, 3.05) is 35.2 Å². The molecule has 2 aliphatic heterocycles. The number of benzene rings is 1. The molecule has 9 heteroatoms. The molecule has 0 spiro atoms. The Morgan fingerprint density at radius 1 is 1.02 bits per heavy atom. The second-order valence-corrected chi connectivity index (χ2v) is 13.5. The number of carboxylic acids is 1. The van der Waals surface area contributed by atoms with Gasteiger partial charge >= 0.3 is 5.97 Å². The summed E-state index contributed by atoms with van der Waals surface area (Å²) in [6, 6.07) is 8.41. The van der Waals surface area contributed by atoms with Crippen molar-refractivity contribution in [3.8, 4) is 11.1 Å². The smallest absolute Gasteiger partial charge is 0.337 e. The van der Waals surface area contributed by atoms with E-state index in [1.807, 2.05) is 40.7 Å². The lowest BCUT2D eigenvalue weighted by Gasteiger charge is -2.41. The summed E-state index contributed by atoms with van der Waals surface area (Å²) in [6.45, 7) is 17.5. The largest absolute Gasteiger partial charge is 0.479 e. The minimum atomic E-state index is -1.13. The van der Waals surface area contributed by atoms with Crippen molar-refractivity contribution >= 4 is 23.3 Å². The van der Waals surface area contributed by atoms with Crippen molar-refractivity contribution in [3.63, 3.8) is 0 Å². The van der Waals surface area contributed by atoms with Gasteiger partial charge in [-0.05, 0) is 76.0 Å². The monoisotopic (exact) mass is 572 g/mol. The molecule has 1 aromatic carbocycles. The van der Waals surface area contributed by atoms with Gasteiger partial charge in [0.2, 0.25) is 0 Å². The Bertz CT molecular complexity index is 1490. The van der Waals surface area contributed by atoms with Crippen LogP contribution in [0.2, 0.25) is 0 Å². The van der Waals surface area contributed by atoms with Crippen LogP contribution in [0.5, 0.6) is 0 Å². The molecule has 0 unspecified atom stereocenters. The third kappa shape index (κ3) is 6.21. The summed E-state index contributed by atoms with van der Waals surface area (Å²) in [4.78, 5) is 30.7. The van der Waals surface area contributed by atoms with Crippen LogP contribution in [0.1, 0.15) is 81.6 Å². The first kappa shape index (κ1) is 29.8. The average molecular weight is 573 g/mol. The van der Waals surface area contributed by atoms with Gasteiger partial charge < -0.3 is 25.4 Å². The molecule has 4 heterocycles. The minimum absolute atomic E-state index is 0.244. The highest BCUT2D eigenvalue weighted by atomic mass is 16.5. The number of carbonyl (C=O) groups is 1. The number of rotatable bonds is 6. The van der Waals surface area contributed by atoms with E-state index in [0.29, 0.717) is 17.1 Å². The van der Waals surface area contributed by atoms with Gasteiger partial charge in [-0.1, -0.05) is 32.0 Å². The molecule has 0 radical (unpaired) electrons.